The Morgan fingerprint density at radius 3 is 2.62 bits per heavy atom. The molecule has 2 aromatic carbocycles. The Kier molecular flexibility index (Phi) is 3.52. The summed E-state index contributed by atoms with van der Waals surface area (Å²) in [5, 5.41) is 0. The zero-order valence-corrected chi connectivity index (χ0v) is 12.3. The van der Waals surface area contributed by atoms with Crippen LogP contribution in [0, 0.1) is 6.92 Å². The molecule has 3 rings (SSSR count). The second-order valence-electron chi connectivity index (χ2n) is 5.16. The number of aromatic nitrogens is 2. The second kappa shape index (κ2) is 5.48. The molecule has 2 N–H and O–H groups in total. The summed E-state index contributed by atoms with van der Waals surface area (Å²) in [6.07, 6.45) is 0.910. The highest BCUT2D eigenvalue weighted by molar-refractivity contribution is 5.81. The average molecular weight is 281 g/mol. The molecule has 0 atom stereocenters. The molecular formula is C17H19N3O. The fraction of sp³-hybridized carbons (Fsp3) is 0.235. The smallest absolute Gasteiger partial charge is 0.201 e. The number of anilines is 1. The van der Waals surface area contributed by atoms with E-state index in [4.69, 9.17) is 10.5 Å². The Bertz CT molecular complexity index is 760. The van der Waals surface area contributed by atoms with Gasteiger partial charge < -0.3 is 15.0 Å². The number of rotatable bonds is 4. The fourth-order valence-corrected chi connectivity index (χ4v) is 2.57. The molecule has 0 saturated carbocycles. The Labute approximate surface area is 124 Å². The normalized spacial score (nSPS) is 11.0. The number of nitrogens with zero attached hydrogens (tertiary/aromatic N) is 2. The third-order valence-corrected chi connectivity index (χ3v) is 3.79. The third-order valence-electron chi connectivity index (χ3n) is 3.79. The maximum absolute atomic E-state index is 6.06. The number of hydrogen-bond acceptors (Lipinski definition) is 3. The lowest BCUT2D eigenvalue weighted by molar-refractivity contribution is 0.414. The number of ether oxygens (including phenoxy) is 1. The molecule has 0 aliphatic rings. The first-order chi connectivity index (χ1) is 10.2. The highest BCUT2D eigenvalue weighted by Crippen LogP contribution is 2.21. The van der Waals surface area contributed by atoms with Crippen molar-refractivity contribution in [2.45, 2.75) is 19.9 Å². The highest BCUT2D eigenvalue weighted by atomic mass is 16.5. The first kappa shape index (κ1) is 13.5. The lowest BCUT2D eigenvalue weighted by atomic mass is 10.1. The molecule has 21 heavy (non-hydrogen) atoms. The molecule has 0 saturated heterocycles. The van der Waals surface area contributed by atoms with E-state index >= 15 is 0 Å². The van der Waals surface area contributed by atoms with E-state index < -0.39 is 0 Å². The zero-order chi connectivity index (χ0) is 14.8. The van der Waals surface area contributed by atoms with Crippen molar-refractivity contribution in [3.63, 3.8) is 0 Å². The monoisotopic (exact) mass is 281 g/mol. The Hall–Kier alpha value is -2.49. The second-order valence-corrected chi connectivity index (χ2v) is 5.16. The van der Waals surface area contributed by atoms with Gasteiger partial charge in [0.05, 0.1) is 18.1 Å². The van der Waals surface area contributed by atoms with Gasteiger partial charge in [-0.25, -0.2) is 4.98 Å². The largest absolute Gasteiger partial charge is 0.497 e. The van der Waals surface area contributed by atoms with Crippen LogP contribution in [0.4, 0.5) is 5.95 Å². The van der Waals surface area contributed by atoms with Crippen LogP contribution in [0.2, 0.25) is 0 Å². The molecule has 4 nitrogen and oxygen atoms in total. The number of benzene rings is 2. The van der Waals surface area contributed by atoms with E-state index in [9.17, 15) is 0 Å². The molecule has 3 aromatic rings. The number of nitrogen functional groups attached to an aromatic ring is 1. The van der Waals surface area contributed by atoms with Gasteiger partial charge in [-0.2, -0.15) is 0 Å². The Morgan fingerprint density at radius 1 is 1.14 bits per heavy atom. The van der Waals surface area contributed by atoms with E-state index in [1.807, 2.05) is 18.2 Å². The summed E-state index contributed by atoms with van der Waals surface area (Å²) in [6.45, 7) is 2.88. The predicted octanol–water partition coefficient (Wildman–Crippen LogP) is 3.18. The number of imidazole rings is 1. The van der Waals surface area contributed by atoms with Crippen LogP contribution in [0.3, 0.4) is 0 Å². The van der Waals surface area contributed by atoms with E-state index in [0.29, 0.717) is 5.95 Å². The summed E-state index contributed by atoms with van der Waals surface area (Å²) >= 11 is 0. The van der Waals surface area contributed by atoms with Gasteiger partial charge in [0.2, 0.25) is 5.95 Å². The first-order valence-electron chi connectivity index (χ1n) is 7.03. The number of methoxy groups -OCH3 is 1. The average Bonchev–Trinajstić information content (AvgIpc) is 2.83. The maximum Gasteiger partial charge on any atom is 0.201 e. The van der Waals surface area contributed by atoms with Gasteiger partial charge >= 0.3 is 0 Å². The van der Waals surface area contributed by atoms with E-state index in [1.165, 1.54) is 5.56 Å². The number of nitrogens with two attached hydrogens (primary N) is 1. The van der Waals surface area contributed by atoms with Crippen LogP contribution in [0.1, 0.15) is 11.1 Å². The van der Waals surface area contributed by atoms with E-state index in [2.05, 4.69) is 40.7 Å². The van der Waals surface area contributed by atoms with Gasteiger partial charge in [-0.05, 0) is 42.7 Å². The number of hydrogen-bond donors (Lipinski definition) is 1. The van der Waals surface area contributed by atoms with Crippen molar-refractivity contribution in [1.29, 1.82) is 0 Å². The van der Waals surface area contributed by atoms with E-state index in [0.717, 1.165) is 35.3 Å². The van der Waals surface area contributed by atoms with Gasteiger partial charge in [0, 0.05) is 6.54 Å². The topological polar surface area (TPSA) is 53.1 Å². The maximum atomic E-state index is 6.06. The van der Waals surface area contributed by atoms with Crippen LogP contribution in [0.15, 0.2) is 42.5 Å². The molecule has 0 bridgehead atoms. The molecule has 108 valence electrons. The van der Waals surface area contributed by atoms with Gasteiger partial charge in [0.1, 0.15) is 5.75 Å². The van der Waals surface area contributed by atoms with Crippen LogP contribution in [-0.4, -0.2) is 16.7 Å². The van der Waals surface area contributed by atoms with Gasteiger partial charge in [-0.3, -0.25) is 0 Å². The molecule has 0 aliphatic heterocycles. The first-order valence-corrected chi connectivity index (χ1v) is 7.03. The minimum Gasteiger partial charge on any atom is -0.497 e. The van der Waals surface area contributed by atoms with Gasteiger partial charge in [0.25, 0.3) is 0 Å². The predicted molar refractivity (Wildman–Crippen MR) is 85.6 cm³/mol. The summed E-state index contributed by atoms with van der Waals surface area (Å²) in [5.41, 5.74) is 10.6. The highest BCUT2D eigenvalue weighted by Gasteiger charge is 2.09. The van der Waals surface area contributed by atoms with Crippen molar-refractivity contribution in [1.82, 2.24) is 9.55 Å². The Morgan fingerprint density at radius 2 is 1.90 bits per heavy atom. The summed E-state index contributed by atoms with van der Waals surface area (Å²) in [5.74, 6) is 1.45. The summed E-state index contributed by atoms with van der Waals surface area (Å²) in [7, 11) is 1.68. The van der Waals surface area contributed by atoms with Gasteiger partial charge in [-0.1, -0.05) is 24.3 Å². The molecule has 4 heteroatoms. The minimum absolute atomic E-state index is 0.577. The van der Waals surface area contributed by atoms with Crippen molar-refractivity contribution in [2.75, 3.05) is 12.8 Å². The van der Waals surface area contributed by atoms with Crippen molar-refractivity contribution in [2.24, 2.45) is 0 Å². The van der Waals surface area contributed by atoms with Crippen LogP contribution in [-0.2, 0) is 13.0 Å². The molecular weight excluding hydrogens is 262 g/mol. The number of fused-ring (bicyclic) bond motifs is 1. The molecule has 1 heterocycles. The van der Waals surface area contributed by atoms with Crippen molar-refractivity contribution in [3.8, 4) is 5.75 Å². The molecule has 1 aromatic heterocycles. The van der Waals surface area contributed by atoms with E-state index in [1.54, 1.807) is 7.11 Å². The van der Waals surface area contributed by atoms with Crippen molar-refractivity contribution >= 4 is 17.0 Å². The molecule has 0 radical (unpaired) electrons. The molecule has 0 spiro atoms. The quantitative estimate of drug-likeness (QED) is 0.799. The molecule has 0 unspecified atom stereocenters. The Balaban J connectivity index is 1.84. The lowest BCUT2D eigenvalue weighted by Gasteiger charge is -2.07. The lowest BCUT2D eigenvalue weighted by Crippen LogP contribution is -2.05. The van der Waals surface area contributed by atoms with Crippen LogP contribution in [0.5, 0.6) is 5.75 Å². The van der Waals surface area contributed by atoms with Crippen LogP contribution >= 0.6 is 0 Å². The number of aryl methyl sites for hydroxylation is 3. The summed E-state index contributed by atoms with van der Waals surface area (Å²) in [4.78, 5) is 4.47. The van der Waals surface area contributed by atoms with Crippen LogP contribution in [0.25, 0.3) is 11.0 Å². The molecule has 0 aliphatic carbocycles. The van der Waals surface area contributed by atoms with Gasteiger partial charge in [0.15, 0.2) is 0 Å². The zero-order valence-electron chi connectivity index (χ0n) is 12.3. The molecule has 0 fully saturated rings. The van der Waals surface area contributed by atoms with Crippen LogP contribution < -0.4 is 10.5 Å². The summed E-state index contributed by atoms with van der Waals surface area (Å²) in [6, 6.07) is 14.3. The van der Waals surface area contributed by atoms with E-state index in [-0.39, 0.29) is 0 Å². The molecule has 0 amide bonds. The van der Waals surface area contributed by atoms with Gasteiger partial charge in [-0.15, -0.1) is 0 Å². The number of para-hydroxylation sites is 1. The SMILES string of the molecule is COc1ccc(CCn2c(N)nc3c(C)cccc32)cc1. The third kappa shape index (κ3) is 2.57. The van der Waals surface area contributed by atoms with Crippen molar-refractivity contribution in [3.05, 3.63) is 53.6 Å². The summed E-state index contributed by atoms with van der Waals surface area (Å²) < 4.78 is 7.25. The minimum atomic E-state index is 0.577. The standard InChI is InChI=1S/C17H19N3O/c1-12-4-3-5-15-16(12)19-17(18)20(15)11-10-13-6-8-14(21-2)9-7-13/h3-9H,10-11H2,1-2H3,(H2,18,19). The fourth-order valence-electron chi connectivity index (χ4n) is 2.57. The van der Waals surface area contributed by atoms with Crippen molar-refractivity contribution < 1.29 is 4.74 Å².